The van der Waals surface area contributed by atoms with Gasteiger partial charge in [-0.15, -0.1) is 0 Å². The smallest absolute Gasteiger partial charge is 0.141 e. The van der Waals surface area contributed by atoms with Crippen LogP contribution < -0.4 is 5.32 Å². The van der Waals surface area contributed by atoms with E-state index in [0.29, 0.717) is 17.9 Å². The Hall–Kier alpha value is -0.600. The minimum atomic E-state index is -0.331. The lowest BCUT2D eigenvalue weighted by atomic mass is 9.67. The third-order valence-corrected chi connectivity index (χ3v) is 4.10. The molecular weight excluding hydrogens is 237 g/mol. The van der Waals surface area contributed by atoms with Gasteiger partial charge in [0.1, 0.15) is 5.82 Å². The van der Waals surface area contributed by atoms with E-state index in [2.05, 4.69) is 19.2 Å². The van der Waals surface area contributed by atoms with Crippen LogP contribution in [0.25, 0.3) is 0 Å². The molecule has 3 heteroatoms. The fourth-order valence-corrected chi connectivity index (χ4v) is 2.76. The number of benzene rings is 1. The van der Waals surface area contributed by atoms with Gasteiger partial charge in [-0.1, -0.05) is 31.5 Å². The molecule has 3 unspecified atom stereocenters. The maximum absolute atomic E-state index is 13.1. The molecule has 1 aromatic carbocycles. The average Bonchev–Trinajstić information content (AvgIpc) is 2.32. The summed E-state index contributed by atoms with van der Waals surface area (Å²) < 4.78 is 13.1. The molecule has 0 amide bonds. The molecule has 0 aliphatic heterocycles. The summed E-state index contributed by atoms with van der Waals surface area (Å²) in [5, 5.41) is 3.77. The zero-order chi connectivity index (χ0) is 12.4. The topological polar surface area (TPSA) is 12.0 Å². The Labute approximate surface area is 107 Å². The first kappa shape index (κ1) is 12.8. The average molecular weight is 256 g/mol. The molecule has 1 nitrogen and oxygen atoms in total. The summed E-state index contributed by atoms with van der Waals surface area (Å²) in [7, 11) is 0. The van der Waals surface area contributed by atoms with Gasteiger partial charge in [-0.25, -0.2) is 4.39 Å². The van der Waals surface area contributed by atoms with Gasteiger partial charge in [0, 0.05) is 6.04 Å². The first-order valence-electron chi connectivity index (χ1n) is 6.31. The molecule has 1 aliphatic rings. The Morgan fingerprint density at radius 2 is 2.24 bits per heavy atom. The molecule has 94 valence electrons. The SMILES string of the molecule is CCCNC1CC(c2ccc(F)c(Cl)c2)C1C. The van der Waals surface area contributed by atoms with Crippen molar-refractivity contribution in [2.45, 2.75) is 38.6 Å². The molecule has 1 aliphatic carbocycles. The Bertz CT molecular complexity index is 394. The van der Waals surface area contributed by atoms with Crippen molar-refractivity contribution in [3.05, 3.63) is 34.6 Å². The highest BCUT2D eigenvalue weighted by molar-refractivity contribution is 6.30. The zero-order valence-corrected chi connectivity index (χ0v) is 11.1. The highest BCUT2D eigenvalue weighted by Crippen LogP contribution is 2.43. The number of rotatable bonds is 4. The number of hydrogen-bond donors (Lipinski definition) is 1. The van der Waals surface area contributed by atoms with Crippen LogP contribution in [0.3, 0.4) is 0 Å². The molecule has 0 bridgehead atoms. The quantitative estimate of drug-likeness (QED) is 0.859. The molecule has 0 spiro atoms. The van der Waals surface area contributed by atoms with Crippen LogP contribution in [0.2, 0.25) is 5.02 Å². The standard InChI is InChI=1S/C14H19ClFN/c1-3-6-17-14-8-11(9(14)2)10-4-5-13(16)12(15)7-10/h4-5,7,9,11,14,17H,3,6,8H2,1-2H3. The van der Waals surface area contributed by atoms with Crippen LogP contribution >= 0.6 is 11.6 Å². The summed E-state index contributed by atoms with van der Waals surface area (Å²) in [6.07, 6.45) is 2.29. The summed E-state index contributed by atoms with van der Waals surface area (Å²) in [5.74, 6) is 0.786. The summed E-state index contributed by atoms with van der Waals surface area (Å²) in [6.45, 7) is 5.50. The summed E-state index contributed by atoms with van der Waals surface area (Å²) in [6, 6.07) is 5.70. The van der Waals surface area contributed by atoms with Gasteiger partial charge in [0.25, 0.3) is 0 Å². The lowest BCUT2D eigenvalue weighted by molar-refractivity contribution is 0.185. The van der Waals surface area contributed by atoms with Gasteiger partial charge in [-0.05, 0) is 48.9 Å². The van der Waals surface area contributed by atoms with Crippen LogP contribution in [0.4, 0.5) is 4.39 Å². The molecular formula is C14H19ClFN. The van der Waals surface area contributed by atoms with E-state index in [0.717, 1.165) is 19.4 Å². The van der Waals surface area contributed by atoms with E-state index in [1.54, 1.807) is 6.07 Å². The Kier molecular flexibility index (Phi) is 4.05. The van der Waals surface area contributed by atoms with Crippen molar-refractivity contribution in [2.24, 2.45) is 5.92 Å². The monoisotopic (exact) mass is 255 g/mol. The van der Waals surface area contributed by atoms with E-state index in [4.69, 9.17) is 11.6 Å². The Morgan fingerprint density at radius 3 is 2.82 bits per heavy atom. The summed E-state index contributed by atoms with van der Waals surface area (Å²) in [4.78, 5) is 0. The predicted molar refractivity (Wildman–Crippen MR) is 70.0 cm³/mol. The normalized spacial score (nSPS) is 27.9. The second kappa shape index (κ2) is 5.36. The van der Waals surface area contributed by atoms with Gasteiger partial charge >= 0.3 is 0 Å². The molecule has 0 radical (unpaired) electrons. The van der Waals surface area contributed by atoms with Crippen molar-refractivity contribution < 1.29 is 4.39 Å². The third-order valence-electron chi connectivity index (χ3n) is 3.81. The van der Waals surface area contributed by atoms with Gasteiger partial charge in [-0.3, -0.25) is 0 Å². The largest absolute Gasteiger partial charge is 0.314 e. The molecule has 0 saturated heterocycles. The lowest BCUT2D eigenvalue weighted by Crippen LogP contribution is -2.48. The first-order chi connectivity index (χ1) is 8.13. The van der Waals surface area contributed by atoms with Gasteiger partial charge in [0.2, 0.25) is 0 Å². The molecule has 1 saturated carbocycles. The lowest BCUT2D eigenvalue weighted by Gasteiger charge is -2.44. The zero-order valence-electron chi connectivity index (χ0n) is 10.3. The fraction of sp³-hybridized carbons (Fsp3) is 0.571. The maximum Gasteiger partial charge on any atom is 0.141 e. The Morgan fingerprint density at radius 1 is 1.47 bits per heavy atom. The van der Waals surface area contributed by atoms with Crippen molar-refractivity contribution in [3.63, 3.8) is 0 Å². The van der Waals surface area contributed by atoms with Crippen molar-refractivity contribution in [1.29, 1.82) is 0 Å². The molecule has 17 heavy (non-hydrogen) atoms. The van der Waals surface area contributed by atoms with Crippen LogP contribution in [0.5, 0.6) is 0 Å². The summed E-state index contributed by atoms with van der Waals surface area (Å²) in [5.41, 5.74) is 1.17. The van der Waals surface area contributed by atoms with Crippen molar-refractivity contribution in [3.8, 4) is 0 Å². The van der Waals surface area contributed by atoms with E-state index in [1.807, 2.05) is 6.07 Å². The van der Waals surface area contributed by atoms with Crippen LogP contribution in [-0.2, 0) is 0 Å². The summed E-state index contributed by atoms with van der Waals surface area (Å²) >= 11 is 5.82. The third kappa shape index (κ3) is 2.63. The molecule has 0 heterocycles. The van der Waals surface area contributed by atoms with Crippen LogP contribution in [0, 0.1) is 11.7 Å². The minimum absolute atomic E-state index is 0.236. The first-order valence-corrected chi connectivity index (χ1v) is 6.69. The minimum Gasteiger partial charge on any atom is -0.314 e. The van der Waals surface area contributed by atoms with Gasteiger partial charge in [-0.2, -0.15) is 0 Å². The highest BCUT2D eigenvalue weighted by atomic mass is 35.5. The molecule has 3 atom stereocenters. The number of hydrogen-bond acceptors (Lipinski definition) is 1. The van der Waals surface area contributed by atoms with Crippen LogP contribution in [0.1, 0.15) is 38.2 Å². The van der Waals surface area contributed by atoms with E-state index in [1.165, 1.54) is 11.6 Å². The molecule has 0 aromatic heterocycles. The predicted octanol–water partition coefficient (Wildman–Crippen LogP) is 3.97. The second-order valence-corrected chi connectivity index (χ2v) is 5.34. The molecule has 2 rings (SSSR count). The van der Waals surface area contributed by atoms with Crippen molar-refractivity contribution in [1.82, 2.24) is 5.32 Å². The van der Waals surface area contributed by atoms with E-state index < -0.39 is 0 Å². The van der Waals surface area contributed by atoms with Crippen molar-refractivity contribution in [2.75, 3.05) is 6.54 Å². The van der Waals surface area contributed by atoms with E-state index in [-0.39, 0.29) is 10.8 Å². The van der Waals surface area contributed by atoms with Gasteiger partial charge in [0.15, 0.2) is 0 Å². The van der Waals surface area contributed by atoms with E-state index >= 15 is 0 Å². The number of halogens is 2. The Balaban J connectivity index is 1.99. The number of nitrogens with one attached hydrogen (secondary N) is 1. The molecule has 1 fully saturated rings. The van der Waals surface area contributed by atoms with Crippen LogP contribution in [-0.4, -0.2) is 12.6 Å². The molecule has 1 N–H and O–H groups in total. The van der Waals surface area contributed by atoms with Gasteiger partial charge < -0.3 is 5.32 Å². The van der Waals surface area contributed by atoms with Gasteiger partial charge in [0.05, 0.1) is 5.02 Å². The second-order valence-electron chi connectivity index (χ2n) is 4.94. The van der Waals surface area contributed by atoms with Crippen molar-refractivity contribution >= 4 is 11.6 Å². The van der Waals surface area contributed by atoms with Crippen LogP contribution in [0.15, 0.2) is 18.2 Å². The fourth-order valence-electron chi connectivity index (χ4n) is 2.57. The maximum atomic E-state index is 13.1. The van der Waals surface area contributed by atoms with E-state index in [9.17, 15) is 4.39 Å². The highest BCUT2D eigenvalue weighted by Gasteiger charge is 2.38. The molecule has 1 aromatic rings.